The van der Waals surface area contributed by atoms with Gasteiger partial charge in [0, 0.05) is 49.6 Å². The van der Waals surface area contributed by atoms with Crippen LogP contribution in [0.2, 0.25) is 0 Å². The largest absolute Gasteiger partial charge is 0.429 e. The van der Waals surface area contributed by atoms with Gasteiger partial charge in [-0.05, 0) is 25.3 Å². The third-order valence-electron chi connectivity index (χ3n) is 5.96. The van der Waals surface area contributed by atoms with Gasteiger partial charge in [0.05, 0.1) is 6.26 Å². The minimum absolute atomic E-state index is 0.0170. The number of pyridine rings is 1. The van der Waals surface area contributed by atoms with Gasteiger partial charge in [0.15, 0.2) is 5.75 Å². The molecule has 33 heavy (non-hydrogen) atoms. The van der Waals surface area contributed by atoms with E-state index >= 15 is 0 Å². The van der Waals surface area contributed by atoms with E-state index in [2.05, 4.69) is 20.0 Å². The SMILES string of the molecule is CS(=O)(=O)N1CCC(Nc2ncc3cc(OC(F)F)c(=O)n(C4CCC(F)(F)C4)c3n2)CC1. The summed E-state index contributed by atoms with van der Waals surface area (Å²) in [5, 5.41) is 3.28. The zero-order valence-corrected chi connectivity index (χ0v) is 18.5. The van der Waals surface area contributed by atoms with Crippen molar-refractivity contribution in [1.82, 2.24) is 18.8 Å². The third-order valence-corrected chi connectivity index (χ3v) is 7.26. The van der Waals surface area contributed by atoms with Crippen molar-refractivity contribution in [2.24, 2.45) is 0 Å². The highest BCUT2D eigenvalue weighted by Gasteiger charge is 2.41. The Labute approximate surface area is 186 Å². The van der Waals surface area contributed by atoms with Crippen LogP contribution in [0.25, 0.3) is 11.0 Å². The number of hydrogen-bond donors (Lipinski definition) is 1. The van der Waals surface area contributed by atoms with E-state index in [1.807, 2.05) is 0 Å². The van der Waals surface area contributed by atoms with E-state index in [4.69, 9.17) is 0 Å². The van der Waals surface area contributed by atoms with E-state index in [1.54, 1.807) is 0 Å². The summed E-state index contributed by atoms with van der Waals surface area (Å²) in [6.07, 6.45) is 2.38. The van der Waals surface area contributed by atoms with Gasteiger partial charge in [-0.15, -0.1) is 0 Å². The monoisotopic (exact) mass is 493 g/mol. The Balaban J connectivity index is 1.66. The van der Waals surface area contributed by atoms with Crippen molar-refractivity contribution in [2.45, 2.75) is 56.7 Å². The molecule has 4 rings (SSSR count). The molecular formula is C19H23F4N5O4S. The quantitative estimate of drug-likeness (QED) is 0.617. The molecule has 2 aliphatic rings. The first kappa shape index (κ1) is 23.7. The second-order valence-electron chi connectivity index (χ2n) is 8.37. The van der Waals surface area contributed by atoms with Crippen molar-refractivity contribution in [3.8, 4) is 5.75 Å². The summed E-state index contributed by atoms with van der Waals surface area (Å²) < 4.78 is 83.3. The first-order valence-corrected chi connectivity index (χ1v) is 12.2. The first-order valence-electron chi connectivity index (χ1n) is 10.4. The number of sulfonamides is 1. The Hall–Kier alpha value is -2.48. The number of fused-ring (bicyclic) bond motifs is 1. The summed E-state index contributed by atoms with van der Waals surface area (Å²) in [5.74, 6) is -3.51. The molecule has 9 nitrogen and oxygen atoms in total. The molecule has 0 spiro atoms. The Bertz CT molecular complexity index is 1200. The van der Waals surface area contributed by atoms with E-state index < -0.39 is 52.7 Å². The number of ether oxygens (including phenoxy) is 1. The van der Waals surface area contributed by atoms with Crippen LogP contribution < -0.4 is 15.6 Å². The van der Waals surface area contributed by atoms with E-state index in [1.165, 1.54) is 10.5 Å². The lowest BCUT2D eigenvalue weighted by atomic mass is 10.1. The van der Waals surface area contributed by atoms with Crippen molar-refractivity contribution in [3.05, 3.63) is 22.6 Å². The topological polar surface area (TPSA) is 106 Å². The number of anilines is 1. The third kappa shape index (κ3) is 5.21. The van der Waals surface area contributed by atoms with Crippen LogP contribution in [0, 0.1) is 0 Å². The highest BCUT2D eigenvalue weighted by atomic mass is 32.2. The maximum Gasteiger partial charge on any atom is 0.387 e. The summed E-state index contributed by atoms with van der Waals surface area (Å²) in [7, 11) is -3.28. The average molecular weight is 493 g/mol. The minimum Gasteiger partial charge on any atom is -0.429 e. The zero-order chi connectivity index (χ0) is 24.0. The van der Waals surface area contributed by atoms with Gasteiger partial charge in [0.1, 0.15) is 5.65 Å². The average Bonchev–Trinajstić information content (AvgIpc) is 3.07. The molecule has 14 heteroatoms. The Kier molecular flexibility index (Phi) is 6.24. The van der Waals surface area contributed by atoms with Crippen LogP contribution in [0.1, 0.15) is 38.1 Å². The number of nitrogens with one attached hydrogen (secondary N) is 1. The van der Waals surface area contributed by atoms with Crippen LogP contribution >= 0.6 is 0 Å². The summed E-state index contributed by atoms with van der Waals surface area (Å²) in [6, 6.07) is -0.00299. The number of alkyl halides is 4. The van der Waals surface area contributed by atoms with Gasteiger partial charge >= 0.3 is 6.61 Å². The predicted octanol–water partition coefficient (Wildman–Crippen LogP) is 2.59. The molecule has 2 aromatic rings. The molecule has 2 aromatic heterocycles. The second-order valence-corrected chi connectivity index (χ2v) is 10.4. The second kappa shape index (κ2) is 8.70. The molecule has 1 aliphatic heterocycles. The van der Waals surface area contributed by atoms with Crippen LogP contribution in [0.5, 0.6) is 5.75 Å². The summed E-state index contributed by atoms with van der Waals surface area (Å²) in [4.78, 5) is 21.4. The Morgan fingerprint density at radius 1 is 1.24 bits per heavy atom. The van der Waals surface area contributed by atoms with Gasteiger partial charge < -0.3 is 10.1 Å². The van der Waals surface area contributed by atoms with Crippen LogP contribution in [-0.4, -0.2) is 65.2 Å². The molecule has 1 N–H and O–H groups in total. The van der Waals surface area contributed by atoms with Gasteiger partial charge in [-0.3, -0.25) is 9.36 Å². The highest BCUT2D eigenvalue weighted by Crippen LogP contribution is 2.42. The van der Waals surface area contributed by atoms with Crippen molar-refractivity contribution < 1.29 is 30.7 Å². The molecule has 1 aliphatic carbocycles. The van der Waals surface area contributed by atoms with Crippen molar-refractivity contribution >= 4 is 27.0 Å². The molecule has 1 saturated heterocycles. The maximum absolute atomic E-state index is 13.9. The molecule has 182 valence electrons. The fourth-order valence-electron chi connectivity index (χ4n) is 4.34. The summed E-state index contributed by atoms with van der Waals surface area (Å²) >= 11 is 0. The van der Waals surface area contributed by atoms with Crippen molar-refractivity contribution in [2.75, 3.05) is 24.7 Å². The molecule has 1 unspecified atom stereocenters. The van der Waals surface area contributed by atoms with E-state index in [0.717, 1.165) is 16.9 Å². The molecule has 0 radical (unpaired) electrons. The van der Waals surface area contributed by atoms with Crippen molar-refractivity contribution in [1.29, 1.82) is 0 Å². The molecule has 1 atom stereocenters. The number of nitrogens with zero attached hydrogens (tertiary/aromatic N) is 4. The Morgan fingerprint density at radius 2 is 1.94 bits per heavy atom. The number of rotatable bonds is 6. The van der Waals surface area contributed by atoms with E-state index in [-0.39, 0.29) is 29.4 Å². The number of halogens is 4. The highest BCUT2D eigenvalue weighted by molar-refractivity contribution is 7.88. The summed E-state index contributed by atoms with van der Waals surface area (Å²) in [6.45, 7) is -2.62. The molecular weight excluding hydrogens is 470 g/mol. The zero-order valence-electron chi connectivity index (χ0n) is 17.7. The first-order chi connectivity index (χ1) is 15.4. The predicted molar refractivity (Wildman–Crippen MR) is 111 cm³/mol. The van der Waals surface area contributed by atoms with Crippen LogP contribution in [0.4, 0.5) is 23.5 Å². The fourth-order valence-corrected chi connectivity index (χ4v) is 5.22. The van der Waals surface area contributed by atoms with Gasteiger partial charge in [-0.1, -0.05) is 0 Å². The number of aromatic nitrogens is 3. The van der Waals surface area contributed by atoms with Crippen molar-refractivity contribution in [3.63, 3.8) is 0 Å². The van der Waals surface area contributed by atoms with E-state index in [0.29, 0.717) is 25.9 Å². The lowest BCUT2D eigenvalue weighted by molar-refractivity contribution is -0.0511. The lowest BCUT2D eigenvalue weighted by Crippen LogP contribution is -2.42. The van der Waals surface area contributed by atoms with Crippen LogP contribution in [-0.2, 0) is 10.0 Å². The molecule has 1 saturated carbocycles. The molecule has 0 amide bonds. The standard InChI is InChI=1S/C19H23F4N5O4S/c1-33(30,31)27-6-3-12(4-7-27)25-18-24-10-11-8-14(32-17(20)21)16(29)28(15(11)26-18)13-2-5-19(22,23)9-13/h8,10,12-13,17H,2-7,9H2,1H3,(H,24,25,26). The number of piperidine rings is 1. The van der Waals surface area contributed by atoms with Gasteiger partial charge in [0.2, 0.25) is 21.9 Å². The van der Waals surface area contributed by atoms with E-state index in [9.17, 15) is 30.8 Å². The molecule has 3 heterocycles. The number of hydrogen-bond acceptors (Lipinski definition) is 7. The van der Waals surface area contributed by atoms with Gasteiger partial charge in [-0.2, -0.15) is 13.8 Å². The molecule has 2 fully saturated rings. The van der Waals surface area contributed by atoms with Crippen LogP contribution in [0.15, 0.2) is 17.1 Å². The molecule has 0 bridgehead atoms. The Morgan fingerprint density at radius 3 is 2.52 bits per heavy atom. The maximum atomic E-state index is 13.9. The smallest absolute Gasteiger partial charge is 0.387 e. The van der Waals surface area contributed by atoms with Gasteiger partial charge in [0.25, 0.3) is 5.56 Å². The van der Waals surface area contributed by atoms with Gasteiger partial charge in [-0.25, -0.2) is 26.5 Å². The normalized spacial score (nSPS) is 22.2. The van der Waals surface area contributed by atoms with Crippen LogP contribution in [0.3, 0.4) is 0 Å². The minimum atomic E-state index is -3.28. The summed E-state index contributed by atoms with van der Waals surface area (Å²) in [5.41, 5.74) is -0.924. The lowest BCUT2D eigenvalue weighted by Gasteiger charge is -2.30. The molecule has 0 aromatic carbocycles. The fraction of sp³-hybridized carbons (Fsp3) is 0.632.